The lowest BCUT2D eigenvalue weighted by molar-refractivity contribution is -0.130. The Hall–Kier alpha value is -3.56. The summed E-state index contributed by atoms with van der Waals surface area (Å²) in [7, 11) is 0. The summed E-state index contributed by atoms with van der Waals surface area (Å²) in [5, 5.41) is 17.8. The molecule has 0 saturated heterocycles. The number of carbonyl (C=O) groups excluding carboxylic acids is 1. The minimum absolute atomic E-state index is 0.0380. The monoisotopic (exact) mass is 542 g/mol. The van der Waals surface area contributed by atoms with Crippen LogP contribution in [0, 0.1) is 24.5 Å². The molecule has 0 aliphatic rings. The van der Waals surface area contributed by atoms with Crippen LogP contribution in [-0.4, -0.2) is 31.9 Å². The number of halogens is 3. The Morgan fingerprint density at radius 2 is 1.95 bits per heavy atom. The van der Waals surface area contributed by atoms with Crippen LogP contribution in [0.4, 0.5) is 8.78 Å². The van der Waals surface area contributed by atoms with Crippen molar-refractivity contribution >= 4 is 28.4 Å². The maximum Gasteiger partial charge on any atom is 0.249 e. The second-order valence-electron chi connectivity index (χ2n) is 9.66. The van der Waals surface area contributed by atoms with Crippen LogP contribution >= 0.6 is 11.6 Å². The van der Waals surface area contributed by atoms with Crippen molar-refractivity contribution in [2.75, 3.05) is 0 Å². The van der Waals surface area contributed by atoms with Gasteiger partial charge in [-0.2, -0.15) is 5.10 Å². The number of amides is 1. The highest BCUT2D eigenvalue weighted by Gasteiger charge is 2.22. The summed E-state index contributed by atoms with van der Waals surface area (Å²) in [6, 6.07) is 8.98. The number of fused-ring (bicyclic) bond motifs is 1. The van der Waals surface area contributed by atoms with E-state index in [1.807, 2.05) is 26.8 Å². The Balaban J connectivity index is 1.64. The molecule has 0 bridgehead atoms. The fraction of sp³-hybridized carbons (Fsp3) is 0.321. The van der Waals surface area contributed by atoms with Gasteiger partial charge in [-0.25, -0.2) is 18.4 Å². The number of hydrogen-bond acceptors (Lipinski definition) is 5. The quantitative estimate of drug-likeness (QED) is 0.278. The zero-order valence-electron chi connectivity index (χ0n) is 21.5. The van der Waals surface area contributed by atoms with E-state index in [0.717, 1.165) is 6.20 Å². The molecule has 2 aromatic carbocycles. The normalized spacial score (nSPS) is 13.1. The number of nitrogens with zero attached hydrogens (tertiary/aromatic N) is 3. The van der Waals surface area contributed by atoms with E-state index < -0.39 is 29.7 Å². The van der Waals surface area contributed by atoms with Crippen molar-refractivity contribution in [3.8, 4) is 11.4 Å². The Labute approximate surface area is 224 Å². The fourth-order valence-electron chi connectivity index (χ4n) is 4.32. The number of pyridine rings is 1. The van der Waals surface area contributed by atoms with E-state index in [1.54, 1.807) is 25.1 Å². The molecule has 4 rings (SSSR count). The highest BCUT2D eigenvalue weighted by Crippen LogP contribution is 2.32. The number of rotatable bonds is 9. The van der Waals surface area contributed by atoms with E-state index in [4.69, 9.17) is 16.3 Å². The molecule has 2 atom stereocenters. The van der Waals surface area contributed by atoms with Crippen LogP contribution in [0.3, 0.4) is 0 Å². The number of aryl methyl sites for hydroxylation is 1. The summed E-state index contributed by atoms with van der Waals surface area (Å²) in [4.78, 5) is 17.1. The smallest absolute Gasteiger partial charge is 0.249 e. The number of aromatic nitrogens is 3. The molecule has 4 aromatic rings. The van der Waals surface area contributed by atoms with Crippen molar-refractivity contribution in [1.29, 1.82) is 0 Å². The minimum atomic E-state index is -1.18. The van der Waals surface area contributed by atoms with Crippen LogP contribution < -0.4 is 10.1 Å². The lowest BCUT2D eigenvalue weighted by Gasteiger charge is -2.22. The number of para-hydroxylation sites is 1. The van der Waals surface area contributed by atoms with Gasteiger partial charge < -0.3 is 15.2 Å². The predicted octanol–water partition coefficient (Wildman–Crippen LogP) is 5.82. The fourth-order valence-corrected chi connectivity index (χ4v) is 4.59. The van der Waals surface area contributed by atoms with E-state index >= 15 is 0 Å². The molecular weight excluding hydrogens is 514 g/mol. The molecule has 0 unspecified atom stereocenters. The summed E-state index contributed by atoms with van der Waals surface area (Å²) >= 11 is 6.42. The Morgan fingerprint density at radius 3 is 2.63 bits per heavy atom. The third-order valence-corrected chi connectivity index (χ3v) is 6.43. The minimum Gasteiger partial charge on any atom is -0.487 e. The Bertz CT molecular complexity index is 1470. The summed E-state index contributed by atoms with van der Waals surface area (Å²) < 4.78 is 35.5. The Morgan fingerprint density at radius 1 is 1.18 bits per heavy atom. The molecule has 2 aromatic heterocycles. The second-order valence-corrected chi connectivity index (χ2v) is 10.1. The van der Waals surface area contributed by atoms with Gasteiger partial charge in [-0.15, -0.1) is 0 Å². The van der Waals surface area contributed by atoms with E-state index in [0.29, 0.717) is 45.6 Å². The summed E-state index contributed by atoms with van der Waals surface area (Å²) in [5.41, 5.74) is 2.77. The predicted molar refractivity (Wildman–Crippen MR) is 141 cm³/mol. The molecule has 200 valence electrons. The largest absolute Gasteiger partial charge is 0.487 e. The van der Waals surface area contributed by atoms with Crippen LogP contribution in [0.25, 0.3) is 16.6 Å². The number of benzene rings is 2. The van der Waals surface area contributed by atoms with Crippen molar-refractivity contribution in [3.63, 3.8) is 0 Å². The van der Waals surface area contributed by atoms with Crippen molar-refractivity contribution < 1.29 is 23.4 Å². The molecule has 2 heterocycles. The molecule has 0 radical (unpaired) electrons. The number of hydrogen-bond donors (Lipinski definition) is 2. The van der Waals surface area contributed by atoms with Gasteiger partial charge in [-0.05, 0) is 56.0 Å². The molecule has 7 nitrogen and oxygen atoms in total. The van der Waals surface area contributed by atoms with Gasteiger partial charge in [0.2, 0.25) is 5.91 Å². The summed E-state index contributed by atoms with van der Waals surface area (Å²) in [5.74, 6) is -0.998. The van der Waals surface area contributed by atoms with Crippen LogP contribution in [0.1, 0.15) is 50.1 Å². The van der Waals surface area contributed by atoms with Crippen molar-refractivity contribution in [3.05, 3.63) is 82.3 Å². The van der Waals surface area contributed by atoms with E-state index in [9.17, 15) is 18.7 Å². The summed E-state index contributed by atoms with van der Waals surface area (Å²) in [6.07, 6.45) is 1.53. The molecule has 1 amide bonds. The van der Waals surface area contributed by atoms with Crippen molar-refractivity contribution in [2.45, 2.75) is 52.9 Å². The van der Waals surface area contributed by atoms with Crippen LogP contribution in [0.15, 0.2) is 48.8 Å². The molecule has 0 fully saturated rings. The molecule has 0 saturated carbocycles. The average Bonchev–Trinajstić information content (AvgIpc) is 3.28. The third-order valence-electron chi connectivity index (χ3n) is 6.10. The molecule has 0 aliphatic carbocycles. The zero-order valence-corrected chi connectivity index (χ0v) is 22.3. The first-order chi connectivity index (χ1) is 18.0. The highest BCUT2D eigenvalue weighted by atomic mass is 35.5. The first kappa shape index (κ1) is 27.5. The van der Waals surface area contributed by atoms with Crippen LogP contribution in [0.5, 0.6) is 5.75 Å². The van der Waals surface area contributed by atoms with Gasteiger partial charge in [0, 0.05) is 16.6 Å². The average molecular weight is 543 g/mol. The first-order valence-electron chi connectivity index (χ1n) is 12.2. The van der Waals surface area contributed by atoms with Gasteiger partial charge in [0.1, 0.15) is 29.8 Å². The SMILES string of the molecule is Cc1cc(-n2cc(F)cn2)c2cccc(OCc3c(Cl)cc(F)cc3[C@H](C)NC(=O)[C@H](O)CC(C)C)c2n1. The molecular formula is C28H29ClF2N4O3. The standard InChI is InChI=1S/C28H29ClF2N4O3/c1-15(2)8-25(36)28(37)34-17(4)21-10-18(30)11-23(29)22(21)14-38-26-7-5-6-20-24(9-16(3)33-27(20)26)35-13-19(31)12-32-35/h5-7,9-13,15,17,25,36H,8,14H2,1-4H3,(H,34,37)/t17-,25+/m0/s1. The van der Waals surface area contributed by atoms with Gasteiger partial charge in [-0.3, -0.25) is 4.79 Å². The molecule has 0 aliphatic heterocycles. The number of nitrogens with one attached hydrogen (secondary N) is 1. The van der Waals surface area contributed by atoms with E-state index in [2.05, 4.69) is 15.4 Å². The van der Waals surface area contributed by atoms with Gasteiger partial charge in [0.05, 0.1) is 29.1 Å². The van der Waals surface area contributed by atoms with E-state index in [-0.39, 0.29) is 17.5 Å². The van der Waals surface area contributed by atoms with Gasteiger partial charge in [-0.1, -0.05) is 37.6 Å². The maximum atomic E-state index is 14.3. The Kier molecular flexibility index (Phi) is 8.28. The lowest BCUT2D eigenvalue weighted by Crippen LogP contribution is -2.37. The van der Waals surface area contributed by atoms with Crippen LogP contribution in [-0.2, 0) is 11.4 Å². The van der Waals surface area contributed by atoms with Gasteiger partial charge in [0.15, 0.2) is 5.82 Å². The number of aliphatic hydroxyl groups excluding tert-OH is 1. The van der Waals surface area contributed by atoms with Crippen molar-refractivity contribution in [2.24, 2.45) is 5.92 Å². The molecule has 2 N–H and O–H groups in total. The third kappa shape index (κ3) is 6.11. The number of carbonyl (C=O) groups is 1. The lowest BCUT2D eigenvalue weighted by atomic mass is 10.00. The zero-order chi connectivity index (χ0) is 27.6. The molecule has 38 heavy (non-hydrogen) atoms. The summed E-state index contributed by atoms with van der Waals surface area (Å²) in [6.45, 7) is 7.27. The molecule has 0 spiro atoms. The second kappa shape index (κ2) is 11.4. The van der Waals surface area contributed by atoms with Gasteiger partial charge >= 0.3 is 0 Å². The highest BCUT2D eigenvalue weighted by molar-refractivity contribution is 6.31. The topological polar surface area (TPSA) is 89.3 Å². The number of ether oxygens (including phenoxy) is 1. The first-order valence-corrected chi connectivity index (χ1v) is 12.6. The molecule has 10 heteroatoms. The van der Waals surface area contributed by atoms with Crippen LogP contribution in [0.2, 0.25) is 5.02 Å². The maximum absolute atomic E-state index is 14.3. The van der Waals surface area contributed by atoms with E-state index in [1.165, 1.54) is 23.0 Å². The van der Waals surface area contributed by atoms with Crippen molar-refractivity contribution in [1.82, 2.24) is 20.1 Å². The van der Waals surface area contributed by atoms with Gasteiger partial charge in [0.25, 0.3) is 0 Å². The number of aliphatic hydroxyl groups is 1.